The Bertz CT molecular complexity index is 474. The molecule has 20 heavy (non-hydrogen) atoms. The van der Waals surface area contributed by atoms with Crippen LogP contribution in [0.4, 0.5) is 0 Å². The summed E-state index contributed by atoms with van der Waals surface area (Å²) in [5, 5.41) is 2.28. The van der Waals surface area contributed by atoms with Gasteiger partial charge in [0.05, 0.1) is 19.7 Å². The van der Waals surface area contributed by atoms with Gasteiger partial charge in [-0.3, -0.25) is 19.8 Å². The molecule has 1 saturated heterocycles. The van der Waals surface area contributed by atoms with E-state index in [2.05, 4.69) is 5.32 Å². The van der Waals surface area contributed by atoms with Gasteiger partial charge in [-0.1, -0.05) is 12.1 Å². The Balaban J connectivity index is 1.70. The van der Waals surface area contributed by atoms with E-state index in [0.29, 0.717) is 19.7 Å². The monoisotopic (exact) mass is 277 g/mol. The van der Waals surface area contributed by atoms with E-state index in [1.165, 1.54) is 0 Å². The largest absolute Gasteiger partial charge is 0.494 e. The van der Waals surface area contributed by atoms with Crippen molar-refractivity contribution in [1.29, 1.82) is 0 Å². The maximum Gasteiger partial charge on any atom is 0.240 e. The highest BCUT2D eigenvalue weighted by atomic mass is 16.5. The van der Waals surface area contributed by atoms with Crippen LogP contribution >= 0.6 is 0 Å². The number of hydrogen-bond donors (Lipinski definition) is 2. The number of carbonyl (C=O) groups excluding carboxylic acids is 2. The molecule has 0 aliphatic carbocycles. The van der Waals surface area contributed by atoms with Crippen LogP contribution in [-0.4, -0.2) is 43.0 Å². The molecule has 2 amide bonds. The second-order valence-corrected chi connectivity index (χ2v) is 4.74. The number of rotatable bonds is 6. The lowest BCUT2D eigenvalue weighted by Crippen LogP contribution is -2.51. The average Bonchev–Trinajstić information content (AvgIpc) is 2.43. The van der Waals surface area contributed by atoms with Gasteiger partial charge in [0, 0.05) is 13.1 Å². The number of hydrogen-bond acceptors (Lipinski definition) is 5. The minimum atomic E-state index is -0.238. The van der Waals surface area contributed by atoms with Gasteiger partial charge >= 0.3 is 0 Å². The fourth-order valence-electron chi connectivity index (χ4n) is 2.10. The molecule has 1 heterocycles. The molecule has 0 unspecified atom stereocenters. The molecule has 0 saturated carbocycles. The van der Waals surface area contributed by atoms with Crippen molar-refractivity contribution in [2.24, 2.45) is 5.73 Å². The van der Waals surface area contributed by atoms with Gasteiger partial charge in [0.1, 0.15) is 5.75 Å². The van der Waals surface area contributed by atoms with E-state index >= 15 is 0 Å². The summed E-state index contributed by atoms with van der Waals surface area (Å²) in [6.07, 6.45) is 0.757. The summed E-state index contributed by atoms with van der Waals surface area (Å²) in [6, 6.07) is 7.66. The number of nitrogens with two attached hydrogens (primary N) is 1. The van der Waals surface area contributed by atoms with Gasteiger partial charge in [0.25, 0.3) is 0 Å². The first-order valence-corrected chi connectivity index (χ1v) is 6.64. The first-order valence-electron chi connectivity index (χ1n) is 6.64. The first kappa shape index (κ1) is 14.5. The van der Waals surface area contributed by atoms with Crippen LogP contribution in [0.2, 0.25) is 0 Å². The molecule has 1 aliphatic heterocycles. The maximum absolute atomic E-state index is 11.2. The van der Waals surface area contributed by atoms with Crippen molar-refractivity contribution in [3.63, 3.8) is 0 Å². The predicted molar refractivity (Wildman–Crippen MR) is 74.0 cm³/mol. The van der Waals surface area contributed by atoms with Crippen molar-refractivity contribution in [3.05, 3.63) is 29.8 Å². The van der Waals surface area contributed by atoms with Gasteiger partial charge in [-0.05, 0) is 24.1 Å². The van der Waals surface area contributed by atoms with Gasteiger partial charge < -0.3 is 10.5 Å². The minimum Gasteiger partial charge on any atom is -0.494 e. The number of piperazine rings is 1. The summed E-state index contributed by atoms with van der Waals surface area (Å²) in [5.41, 5.74) is 6.59. The van der Waals surface area contributed by atoms with E-state index < -0.39 is 0 Å². The van der Waals surface area contributed by atoms with Crippen molar-refractivity contribution in [3.8, 4) is 5.75 Å². The smallest absolute Gasteiger partial charge is 0.240 e. The lowest BCUT2D eigenvalue weighted by molar-refractivity contribution is -0.136. The van der Waals surface area contributed by atoms with Gasteiger partial charge in [-0.2, -0.15) is 0 Å². The van der Waals surface area contributed by atoms with Crippen molar-refractivity contribution in [2.75, 3.05) is 26.2 Å². The summed E-state index contributed by atoms with van der Waals surface area (Å²) in [6.45, 7) is 2.24. The molecule has 0 atom stereocenters. The SMILES string of the molecule is NCc1cccc(OCCCN2CC(=O)NC(=O)C2)c1. The molecule has 3 N–H and O–H groups in total. The van der Waals surface area contributed by atoms with Crippen molar-refractivity contribution >= 4 is 11.8 Å². The molecule has 6 nitrogen and oxygen atoms in total. The Labute approximate surface area is 117 Å². The van der Waals surface area contributed by atoms with Gasteiger partial charge in [0.15, 0.2) is 0 Å². The molecule has 1 aliphatic rings. The fourth-order valence-corrected chi connectivity index (χ4v) is 2.10. The highest BCUT2D eigenvalue weighted by Crippen LogP contribution is 2.13. The number of amides is 2. The van der Waals surface area contributed by atoms with E-state index in [9.17, 15) is 9.59 Å². The topological polar surface area (TPSA) is 84.7 Å². The molecule has 108 valence electrons. The maximum atomic E-state index is 11.2. The van der Waals surface area contributed by atoms with Crippen LogP contribution in [0.1, 0.15) is 12.0 Å². The molecular weight excluding hydrogens is 258 g/mol. The summed E-state index contributed by atoms with van der Waals surface area (Å²) in [5.74, 6) is 0.316. The predicted octanol–water partition coefficient (Wildman–Crippen LogP) is -0.127. The van der Waals surface area contributed by atoms with Crippen molar-refractivity contribution < 1.29 is 14.3 Å². The molecule has 6 heteroatoms. The molecule has 0 aromatic heterocycles. The third-order valence-electron chi connectivity index (χ3n) is 3.03. The normalized spacial score (nSPS) is 16.1. The third-order valence-corrected chi connectivity index (χ3v) is 3.03. The van der Waals surface area contributed by atoms with Gasteiger partial charge in [-0.15, -0.1) is 0 Å². The lowest BCUT2D eigenvalue weighted by atomic mass is 10.2. The molecule has 0 radical (unpaired) electrons. The Kier molecular flexibility index (Phi) is 5.09. The highest BCUT2D eigenvalue weighted by molar-refractivity contribution is 5.99. The first-order chi connectivity index (χ1) is 9.67. The standard InChI is InChI=1S/C14H19N3O3/c15-8-11-3-1-4-12(7-11)20-6-2-5-17-9-13(18)16-14(19)10-17/h1,3-4,7H,2,5-6,8-10,15H2,(H,16,18,19). The van der Waals surface area contributed by atoms with Crippen LogP contribution in [0.15, 0.2) is 24.3 Å². The zero-order valence-corrected chi connectivity index (χ0v) is 11.3. The molecule has 0 bridgehead atoms. The zero-order chi connectivity index (χ0) is 14.4. The van der Waals surface area contributed by atoms with Gasteiger partial charge in [-0.25, -0.2) is 0 Å². The average molecular weight is 277 g/mol. The second-order valence-electron chi connectivity index (χ2n) is 4.74. The van der Waals surface area contributed by atoms with Crippen LogP contribution in [-0.2, 0) is 16.1 Å². The molecule has 1 aromatic rings. The van der Waals surface area contributed by atoms with Crippen LogP contribution in [0, 0.1) is 0 Å². The van der Waals surface area contributed by atoms with Gasteiger partial charge in [0.2, 0.25) is 11.8 Å². The fraction of sp³-hybridized carbons (Fsp3) is 0.429. The quantitative estimate of drug-likeness (QED) is 0.559. The van der Waals surface area contributed by atoms with Crippen LogP contribution in [0.5, 0.6) is 5.75 Å². The van der Waals surface area contributed by atoms with E-state index in [1.54, 1.807) is 0 Å². The summed E-state index contributed by atoms with van der Waals surface area (Å²) < 4.78 is 5.63. The molecule has 0 spiro atoms. The number of ether oxygens (including phenoxy) is 1. The molecule has 1 fully saturated rings. The Morgan fingerprint density at radius 1 is 1.25 bits per heavy atom. The molecule has 2 rings (SSSR count). The number of carbonyl (C=O) groups is 2. The number of benzene rings is 1. The Hall–Kier alpha value is -1.92. The molecular formula is C14H19N3O3. The zero-order valence-electron chi connectivity index (χ0n) is 11.3. The number of nitrogens with one attached hydrogen (secondary N) is 1. The van der Waals surface area contributed by atoms with Crippen LogP contribution in [0.25, 0.3) is 0 Å². The Morgan fingerprint density at radius 3 is 2.70 bits per heavy atom. The third kappa shape index (κ3) is 4.32. The second kappa shape index (κ2) is 7.02. The van der Waals surface area contributed by atoms with Crippen LogP contribution in [0.3, 0.4) is 0 Å². The van der Waals surface area contributed by atoms with E-state index in [-0.39, 0.29) is 24.9 Å². The number of imide groups is 1. The number of nitrogens with zero attached hydrogens (tertiary/aromatic N) is 1. The summed E-state index contributed by atoms with van der Waals surface area (Å²) in [7, 11) is 0. The van der Waals surface area contributed by atoms with Crippen molar-refractivity contribution in [1.82, 2.24) is 10.2 Å². The molecule has 1 aromatic carbocycles. The lowest BCUT2D eigenvalue weighted by Gasteiger charge is -2.24. The van der Waals surface area contributed by atoms with Crippen molar-refractivity contribution in [2.45, 2.75) is 13.0 Å². The minimum absolute atomic E-state index is 0.238. The van der Waals surface area contributed by atoms with Crippen LogP contribution < -0.4 is 15.8 Å². The van der Waals surface area contributed by atoms with E-state index in [0.717, 1.165) is 17.7 Å². The summed E-state index contributed by atoms with van der Waals surface area (Å²) >= 11 is 0. The Morgan fingerprint density at radius 2 is 2.00 bits per heavy atom. The van der Waals surface area contributed by atoms with E-state index in [4.69, 9.17) is 10.5 Å². The summed E-state index contributed by atoms with van der Waals surface area (Å²) in [4.78, 5) is 24.2. The van der Waals surface area contributed by atoms with E-state index in [1.807, 2.05) is 29.2 Å². The highest BCUT2D eigenvalue weighted by Gasteiger charge is 2.21.